The number of rotatable bonds is 5. The van der Waals surface area contributed by atoms with Crippen LogP contribution in [-0.2, 0) is 6.54 Å². The van der Waals surface area contributed by atoms with E-state index < -0.39 is 0 Å². The fourth-order valence-electron chi connectivity index (χ4n) is 3.13. The van der Waals surface area contributed by atoms with Gasteiger partial charge in [0.05, 0.1) is 22.1 Å². The lowest BCUT2D eigenvalue weighted by molar-refractivity contribution is 0.0947. The second-order valence-corrected chi connectivity index (χ2v) is 8.85. The summed E-state index contributed by atoms with van der Waals surface area (Å²) >= 11 is 9.06. The van der Waals surface area contributed by atoms with E-state index in [1.807, 2.05) is 35.0 Å². The second-order valence-electron chi connectivity index (χ2n) is 6.27. The third kappa shape index (κ3) is 4.73. The van der Waals surface area contributed by atoms with Gasteiger partial charge in [-0.2, -0.15) is 21.1 Å². The quantitative estimate of drug-likeness (QED) is 0.592. The molecule has 0 amide bonds. The van der Waals surface area contributed by atoms with Gasteiger partial charge in [0.25, 0.3) is 5.91 Å². The second kappa shape index (κ2) is 9.21. The molecule has 1 fully saturated rings. The van der Waals surface area contributed by atoms with Gasteiger partial charge in [0.2, 0.25) is 0 Å². The standard InChI is InChI=1S/C18H19ClN4OS2.ClH/c19-16-2-1-14(26-16)10-21-17-9-15(12-3-6-20-7-4-12)22-23(17)18(24)13-5-8-25-11-13;/h1-2,5,8-9,11-12,20-21H,3-4,6-7,10H2;1H. The van der Waals surface area contributed by atoms with Crippen molar-refractivity contribution in [1.29, 1.82) is 0 Å². The lowest BCUT2D eigenvalue weighted by atomic mass is 9.95. The van der Waals surface area contributed by atoms with Crippen molar-refractivity contribution in [2.75, 3.05) is 18.4 Å². The molecule has 1 aliphatic heterocycles. The van der Waals surface area contributed by atoms with Crippen molar-refractivity contribution in [3.05, 3.63) is 55.5 Å². The topological polar surface area (TPSA) is 59.0 Å². The molecule has 2 N–H and O–H groups in total. The fraction of sp³-hybridized carbons (Fsp3) is 0.333. The van der Waals surface area contributed by atoms with E-state index in [1.54, 1.807) is 0 Å². The van der Waals surface area contributed by atoms with Crippen molar-refractivity contribution >= 4 is 58.4 Å². The van der Waals surface area contributed by atoms with Crippen LogP contribution >= 0.6 is 46.7 Å². The Bertz CT molecular complexity index is 885. The van der Waals surface area contributed by atoms with Gasteiger partial charge in [-0.25, -0.2) is 0 Å². The van der Waals surface area contributed by atoms with Crippen LogP contribution in [0.15, 0.2) is 35.0 Å². The van der Waals surface area contributed by atoms with Gasteiger partial charge in [-0.3, -0.25) is 4.79 Å². The summed E-state index contributed by atoms with van der Waals surface area (Å²) in [5, 5.41) is 15.2. The minimum Gasteiger partial charge on any atom is -0.365 e. The van der Waals surface area contributed by atoms with Gasteiger partial charge in [0.1, 0.15) is 5.82 Å². The molecule has 0 bridgehead atoms. The summed E-state index contributed by atoms with van der Waals surface area (Å²) in [6, 6.07) is 7.74. The van der Waals surface area contributed by atoms with Crippen LogP contribution in [0, 0.1) is 0 Å². The Kier molecular flexibility index (Phi) is 6.94. The molecule has 0 spiro atoms. The third-order valence-electron chi connectivity index (χ3n) is 4.52. The number of nitrogens with one attached hydrogen (secondary N) is 2. The maximum absolute atomic E-state index is 12.9. The average Bonchev–Trinajstić information content (AvgIpc) is 3.41. The van der Waals surface area contributed by atoms with Crippen LogP contribution in [0.25, 0.3) is 0 Å². The summed E-state index contributed by atoms with van der Waals surface area (Å²) in [6.07, 6.45) is 2.09. The number of hydrogen-bond acceptors (Lipinski definition) is 6. The Morgan fingerprint density at radius 3 is 2.81 bits per heavy atom. The van der Waals surface area contributed by atoms with E-state index in [0.717, 1.165) is 46.7 Å². The van der Waals surface area contributed by atoms with E-state index in [0.29, 0.717) is 18.0 Å². The van der Waals surface area contributed by atoms with Crippen LogP contribution in [0.4, 0.5) is 5.82 Å². The molecule has 0 unspecified atom stereocenters. The van der Waals surface area contributed by atoms with Crippen LogP contribution < -0.4 is 10.6 Å². The first-order valence-electron chi connectivity index (χ1n) is 8.56. The molecule has 0 radical (unpaired) electrons. The molecule has 0 atom stereocenters. The smallest absolute Gasteiger partial charge is 0.280 e. The van der Waals surface area contributed by atoms with Crippen LogP contribution in [0.5, 0.6) is 0 Å². The van der Waals surface area contributed by atoms with Crippen LogP contribution in [0.2, 0.25) is 4.34 Å². The first-order valence-corrected chi connectivity index (χ1v) is 10.7. The summed E-state index contributed by atoms with van der Waals surface area (Å²) < 4.78 is 2.27. The Labute approximate surface area is 177 Å². The van der Waals surface area contributed by atoms with Crippen molar-refractivity contribution in [3.8, 4) is 0 Å². The van der Waals surface area contributed by atoms with E-state index in [9.17, 15) is 4.79 Å². The molecule has 144 valence electrons. The summed E-state index contributed by atoms with van der Waals surface area (Å²) in [5.74, 6) is 1.03. The predicted molar refractivity (Wildman–Crippen MR) is 115 cm³/mol. The van der Waals surface area contributed by atoms with E-state index in [4.69, 9.17) is 11.6 Å². The van der Waals surface area contributed by atoms with Gasteiger partial charge >= 0.3 is 0 Å². The monoisotopic (exact) mass is 442 g/mol. The zero-order valence-electron chi connectivity index (χ0n) is 14.5. The fourth-order valence-corrected chi connectivity index (χ4v) is 4.79. The van der Waals surface area contributed by atoms with Crippen molar-refractivity contribution in [3.63, 3.8) is 0 Å². The molecule has 1 aliphatic rings. The number of nitrogens with zero attached hydrogens (tertiary/aromatic N) is 2. The van der Waals surface area contributed by atoms with Crippen molar-refractivity contribution in [2.24, 2.45) is 0 Å². The molecular formula is C18H20Cl2N4OS2. The average molecular weight is 443 g/mol. The SMILES string of the molecule is Cl.O=C(c1ccsc1)n1nc(C2CCNCC2)cc1NCc1ccc(Cl)s1. The van der Waals surface area contributed by atoms with Crippen LogP contribution in [0.1, 0.15) is 39.7 Å². The lowest BCUT2D eigenvalue weighted by Crippen LogP contribution is -2.27. The highest BCUT2D eigenvalue weighted by Crippen LogP contribution is 2.28. The zero-order chi connectivity index (χ0) is 17.9. The molecule has 0 saturated carbocycles. The molecule has 27 heavy (non-hydrogen) atoms. The van der Waals surface area contributed by atoms with E-state index in [1.165, 1.54) is 27.4 Å². The molecule has 0 aliphatic carbocycles. The third-order valence-corrected chi connectivity index (χ3v) is 6.43. The molecule has 5 nitrogen and oxygen atoms in total. The number of halogens is 2. The number of carbonyl (C=O) groups is 1. The molecule has 9 heteroatoms. The number of piperidine rings is 1. The first-order chi connectivity index (χ1) is 12.7. The van der Waals surface area contributed by atoms with Gasteiger partial charge < -0.3 is 10.6 Å². The Balaban J connectivity index is 0.00000210. The Hall–Kier alpha value is -1.38. The van der Waals surface area contributed by atoms with Gasteiger partial charge in [0.15, 0.2) is 0 Å². The van der Waals surface area contributed by atoms with E-state index >= 15 is 0 Å². The number of thiophene rings is 2. The highest BCUT2D eigenvalue weighted by atomic mass is 35.5. The summed E-state index contributed by atoms with van der Waals surface area (Å²) in [7, 11) is 0. The number of carbonyl (C=O) groups excluding carboxylic acids is 1. The van der Waals surface area contributed by atoms with Gasteiger partial charge in [-0.15, -0.1) is 23.7 Å². The normalized spacial score (nSPS) is 14.7. The largest absolute Gasteiger partial charge is 0.365 e. The van der Waals surface area contributed by atoms with E-state index in [-0.39, 0.29) is 18.3 Å². The van der Waals surface area contributed by atoms with Crippen LogP contribution in [-0.4, -0.2) is 28.8 Å². The highest BCUT2D eigenvalue weighted by Gasteiger charge is 2.23. The molecule has 3 aromatic heterocycles. The van der Waals surface area contributed by atoms with Crippen molar-refractivity contribution in [2.45, 2.75) is 25.3 Å². The predicted octanol–water partition coefficient (Wildman–Crippen LogP) is 4.85. The van der Waals surface area contributed by atoms with Gasteiger partial charge in [0, 0.05) is 22.2 Å². The van der Waals surface area contributed by atoms with Crippen molar-refractivity contribution in [1.82, 2.24) is 15.1 Å². The number of anilines is 1. The van der Waals surface area contributed by atoms with E-state index in [2.05, 4.69) is 15.7 Å². The number of aromatic nitrogens is 2. The highest BCUT2D eigenvalue weighted by molar-refractivity contribution is 7.16. The maximum atomic E-state index is 12.9. The lowest BCUT2D eigenvalue weighted by Gasteiger charge is -2.20. The molecule has 1 saturated heterocycles. The minimum absolute atomic E-state index is 0. The van der Waals surface area contributed by atoms with Gasteiger partial charge in [-0.1, -0.05) is 11.6 Å². The molecule has 4 heterocycles. The first kappa shape index (κ1) is 20.4. The Morgan fingerprint density at radius 1 is 1.33 bits per heavy atom. The van der Waals surface area contributed by atoms with Crippen LogP contribution in [0.3, 0.4) is 0 Å². The minimum atomic E-state index is -0.0989. The summed E-state index contributed by atoms with van der Waals surface area (Å²) in [6.45, 7) is 2.60. The molecular weight excluding hydrogens is 423 g/mol. The van der Waals surface area contributed by atoms with Gasteiger partial charge in [-0.05, 0) is 49.5 Å². The summed E-state index contributed by atoms with van der Waals surface area (Å²) in [5.41, 5.74) is 1.65. The molecule has 0 aromatic carbocycles. The molecule has 4 rings (SSSR count). The molecule has 3 aromatic rings. The zero-order valence-corrected chi connectivity index (χ0v) is 17.7. The number of hydrogen-bond donors (Lipinski definition) is 2. The van der Waals surface area contributed by atoms with Crippen molar-refractivity contribution < 1.29 is 4.79 Å². The maximum Gasteiger partial charge on any atom is 0.280 e. The summed E-state index contributed by atoms with van der Waals surface area (Å²) in [4.78, 5) is 14.0. The Morgan fingerprint density at radius 2 is 2.15 bits per heavy atom.